The van der Waals surface area contributed by atoms with E-state index in [0.717, 1.165) is 34.9 Å². The zero-order chi connectivity index (χ0) is 13.0. The van der Waals surface area contributed by atoms with Crippen LogP contribution in [0.5, 0.6) is 5.75 Å². The number of aromatic amines is 1. The number of imidazole rings is 1. The number of nitrogens with one attached hydrogen (secondary N) is 1. The molecule has 1 heterocycles. The molecule has 2 aromatic rings. The largest absolute Gasteiger partial charge is 0.494 e. The molecule has 1 aromatic carbocycles. The smallest absolute Gasteiger partial charge is 0.119 e. The number of rotatable bonds is 5. The van der Waals surface area contributed by atoms with Crippen LogP contribution in [0.3, 0.4) is 0 Å². The van der Waals surface area contributed by atoms with Crippen LogP contribution < -0.4 is 10.5 Å². The van der Waals surface area contributed by atoms with Gasteiger partial charge in [-0.25, -0.2) is 4.98 Å². The van der Waals surface area contributed by atoms with Gasteiger partial charge in [-0.3, -0.25) is 0 Å². The van der Waals surface area contributed by atoms with Crippen LogP contribution in [-0.4, -0.2) is 23.1 Å². The van der Waals surface area contributed by atoms with E-state index in [0.29, 0.717) is 13.2 Å². The first-order valence-corrected chi connectivity index (χ1v) is 6.23. The molecule has 0 bridgehead atoms. The predicted octanol–water partition coefficient (Wildman–Crippen LogP) is 2.29. The molecule has 0 amide bonds. The Morgan fingerprint density at radius 1 is 1.28 bits per heavy atom. The fourth-order valence-electron chi connectivity index (χ4n) is 1.98. The summed E-state index contributed by atoms with van der Waals surface area (Å²) in [5.74, 6) is 1.80. The molecule has 0 spiro atoms. The summed E-state index contributed by atoms with van der Waals surface area (Å²) >= 11 is 0. The number of nitrogens with two attached hydrogens (primary N) is 1. The average Bonchev–Trinajstić information content (AvgIpc) is 2.72. The second kappa shape index (κ2) is 5.69. The van der Waals surface area contributed by atoms with Gasteiger partial charge in [0.1, 0.15) is 11.6 Å². The Kier molecular flexibility index (Phi) is 3.99. The van der Waals surface area contributed by atoms with Crippen molar-refractivity contribution < 1.29 is 4.74 Å². The van der Waals surface area contributed by atoms with Crippen LogP contribution >= 0.6 is 0 Å². The normalized spacial score (nSPS) is 10.6. The quantitative estimate of drug-likeness (QED) is 0.849. The van der Waals surface area contributed by atoms with Gasteiger partial charge >= 0.3 is 0 Å². The first kappa shape index (κ1) is 12.6. The highest BCUT2D eigenvalue weighted by Crippen LogP contribution is 2.24. The maximum atomic E-state index is 5.61. The minimum Gasteiger partial charge on any atom is -0.494 e. The molecule has 0 unspecified atom stereocenters. The predicted molar refractivity (Wildman–Crippen MR) is 72.7 cm³/mol. The highest BCUT2D eigenvalue weighted by Gasteiger charge is 2.09. The summed E-state index contributed by atoms with van der Waals surface area (Å²) < 4.78 is 5.43. The summed E-state index contributed by atoms with van der Waals surface area (Å²) in [6.45, 7) is 5.23. The van der Waals surface area contributed by atoms with Crippen molar-refractivity contribution in [3.63, 3.8) is 0 Å². The SMILES string of the molecule is CCOc1ccc(-c2nc(C)[nH]c2CCN)cc1. The number of hydrogen-bond acceptors (Lipinski definition) is 3. The van der Waals surface area contributed by atoms with Crippen LogP contribution in [0, 0.1) is 6.92 Å². The molecule has 0 aliphatic rings. The molecule has 0 saturated carbocycles. The van der Waals surface area contributed by atoms with E-state index < -0.39 is 0 Å². The summed E-state index contributed by atoms with van der Waals surface area (Å²) in [6, 6.07) is 7.99. The van der Waals surface area contributed by atoms with Crippen molar-refractivity contribution in [2.45, 2.75) is 20.3 Å². The lowest BCUT2D eigenvalue weighted by Crippen LogP contribution is -2.04. The van der Waals surface area contributed by atoms with E-state index in [4.69, 9.17) is 10.5 Å². The van der Waals surface area contributed by atoms with Gasteiger partial charge in [0.25, 0.3) is 0 Å². The third-order valence-corrected chi connectivity index (χ3v) is 2.73. The van der Waals surface area contributed by atoms with Gasteiger partial charge in [-0.05, 0) is 44.7 Å². The van der Waals surface area contributed by atoms with Crippen molar-refractivity contribution in [3.05, 3.63) is 35.8 Å². The number of aromatic nitrogens is 2. The molecular formula is C14H19N3O. The zero-order valence-corrected chi connectivity index (χ0v) is 10.9. The molecule has 0 saturated heterocycles. The van der Waals surface area contributed by atoms with Crippen molar-refractivity contribution in [1.29, 1.82) is 0 Å². The van der Waals surface area contributed by atoms with E-state index in [1.165, 1.54) is 0 Å². The van der Waals surface area contributed by atoms with E-state index >= 15 is 0 Å². The van der Waals surface area contributed by atoms with Gasteiger partial charge in [-0.1, -0.05) is 0 Å². The fraction of sp³-hybridized carbons (Fsp3) is 0.357. The third kappa shape index (κ3) is 2.71. The lowest BCUT2D eigenvalue weighted by Gasteiger charge is -2.05. The Labute approximate surface area is 107 Å². The summed E-state index contributed by atoms with van der Waals surface area (Å²) in [4.78, 5) is 7.78. The Bertz CT molecular complexity index is 502. The van der Waals surface area contributed by atoms with Crippen LogP contribution in [0.1, 0.15) is 18.4 Å². The van der Waals surface area contributed by atoms with Gasteiger partial charge in [-0.2, -0.15) is 0 Å². The number of nitrogens with zero attached hydrogens (tertiary/aromatic N) is 1. The molecule has 0 atom stereocenters. The zero-order valence-electron chi connectivity index (χ0n) is 10.9. The summed E-state index contributed by atoms with van der Waals surface area (Å²) in [5.41, 5.74) is 8.79. The lowest BCUT2D eigenvalue weighted by atomic mass is 10.1. The lowest BCUT2D eigenvalue weighted by molar-refractivity contribution is 0.340. The molecule has 4 nitrogen and oxygen atoms in total. The topological polar surface area (TPSA) is 63.9 Å². The average molecular weight is 245 g/mol. The molecule has 2 rings (SSSR count). The molecule has 4 heteroatoms. The van der Waals surface area contributed by atoms with Gasteiger partial charge in [0.05, 0.1) is 12.3 Å². The van der Waals surface area contributed by atoms with Crippen LogP contribution in [0.25, 0.3) is 11.3 Å². The van der Waals surface area contributed by atoms with Crippen molar-refractivity contribution >= 4 is 0 Å². The maximum absolute atomic E-state index is 5.61. The second-order valence-electron chi connectivity index (χ2n) is 4.15. The molecule has 0 radical (unpaired) electrons. The fourth-order valence-corrected chi connectivity index (χ4v) is 1.98. The Morgan fingerprint density at radius 3 is 2.61 bits per heavy atom. The molecule has 96 valence electrons. The number of hydrogen-bond donors (Lipinski definition) is 2. The highest BCUT2D eigenvalue weighted by atomic mass is 16.5. The highest BCUT2D eigenvalue weighted by molar-refractivity contribution is 5.63. The van der Waals surface area contributed by atoms with Gasteiger partial charge < -0.3 is 15.5 Å². The molecule has 18 heavy (non-hydrogen) atoms. The molecule has 0 aliphatic heterocycles. The van der Waals surface area contributed by atoms with E-state index in [9.17, 15) is 0 Å². The molecule has 0 aliphatic carbocycles. The molecule has 1 aromatic heterocycles. The van der Waals surface area contributed by atoms with Crippen molar-refractivity contribution in [2.75, 3.05) is 13.2 Å². The third-order valence-electron chi connectivity index (χ3n) is 2.73. The minimum absolute atomic E-state index is 0.617. The Balaban J connectivity index is 2.29. The van der Waals surface area contributed by atoms with Crippen molar-refractivity contribution in [1.82, 2.24) is 9.97 Å². The Hall–Kier alpha value is -1.81. The second-order valence-corrected chi connectivity index (χ2v) is 4.15. The molecule has 3 N–H and O–H groups in total. The Morgan fingerprint density at radius 2 is 2.00 bits per heavy atom. The maximum Gasteiger partial charge on any atom is 0.119 e. The van der Waals surface area contributed by atoms with Gasteiger partial charge in [0.15, 0.2) is 0 Å². The van der Waals surface area contributed by atoms with E-state index in [2.05, 4.69) is 9.97 Å². The first-order valence-electron chi connectivity index (χ1n) is 6.23. The standard InChI is InChI=1S/C14H19N3O/c1-3-18-12-6-4-11(5-7-12)14-13(8-9-15)16-10(2)17-14/h4-7H,3,8-9,15H2,1-2H3,(H,16,17). The van der Waals surface area contributed by atoms with E-state index in [1.54, 1.807) is 0 Å². The van der Waals surface area contributed by atoms with Gasteiger partial charge in [0.2, 0.25) is 0 Å². The van der Waals surface area contributed by atoms with Crippen molar-refractivity contribution in [3.8, 4) is 17.0 Å². The van der Waals surface area contributed by atoms with Crippen LogP contribution in [-0.2, 0) is 6.42 Å². The summed E-state index contributed by atoms with van der Waals surface area (Å²) in [5, 5.41) is 0. The van der Waals surface area contributed by atoms with E-state index in [1.807, 2.05) is 38.1 Å². The van der Waals surface area contributed by atoms with Gasteiger partial charge in [0, 0.05) is 17.7 Å². The molecule has 0 fully saturated rings. The number of H-pyrrole nitrogens is 1. The number of aryl methyl sites for hydroxylation is 1. The number of benzene rings is 1. The van der Waals surface area contributed by atoms with Crippen LogP contribution in [0.15, 0.2) is 24.3 Å². The molecular weight excluding hydrogens is 226 g/mol. The summed E-state index contributed by atoms with van der Waals surface area (Å²) in [7, 11) is 0. The van der Waals surface area contributed by atoms with Crippen LogP contribution in [0.2, 0.25) is 0 Å². The first-order chi connectivity index (χ1) is 8.74. The monoisotopic (exact) mass is 245 g/mol. The number of ether oxygens (including phenoxy) is 1. The van der Waals surface area contributed by atoms with E-state index in [-0.39, 0.29) is 0 Å². The van der Waals surface area contributed by atoms with Crippen molar-refractivity contribution in [2.24, 2.45) is 5.73 Å². The van der Waals surface area contributed by atoms with Crippen LogP contribution in [0.4, 0.5) is 0 Å². The summed E-state index contributed by atoms with van der Waals surface area (Å²) in [6.07, 6.45) is 0.809. The van der Waals surface area contributed by atoms with Gasteiger partial charge in [-0.15, -0.1) is 0 Å². The minimum atomic E-state index is 0.617.